The summed E-state index contributed by atoms with van der Waals surface area (Å²) < 4.78 is 33.8. The van der Waals surface area contributed by atoms with Gasteiger partial charge in [-0.2, -0.15) is 0 Å². The Bertz CT molecular complexity index is 841. The highest BCUT2D eigenvalue weighted by Crippen LogP contribution is 2.40. The van der Waals surface area contributed by atoms with Crippen LogP contribution in [0.25, 0.3) is 0 Å². The quantitative estimate of drug-likeness (QED) is 0.179. The smallest absolute Gasteiger partial charge is 0.303 e. The molecule has 13 nitrogen and oxygen atoms in total. The van der Waals surface area contributed by atoms with Gasteiger partial charge in [0.25, 0.3) is 0 Å². The van der Waals surface area contributed by atoms with Crippen molar-refractivity contribution in [3.63, 3.8) is 0 Å². The zero-order valence-electron chi connectivity index (χ0n) is 21.4. The molecule has 1 amide bonds. The Morgan fingerprint density at radius 3 is 2.05 bits per heavy atom. The molecule has 2 fully saturated rings. The normalized spacial score (nSPS) is 35.6. The lowest BCUT2D eigenvalue weighted by Gasteiger charge is -2.48. The largest absolute Gasteiger partial charge is 0.457 e. The molecule has 0 aromatic rings. The number of rotatable bonds is 10. The molecular weight excluding hydrogens is 514 g/mol. The van der Waals surface area contributed by atoms with Gasteiger partial charge in [0.15, 0.2) is 24.6 Å². The minimum absolute atomic E-state index is 0.0333. The van der Waals surface area contributed by atoms with Crippen molar-refractivity contribution in [2.24, 2.45) is 0 Å². The summed E-state index contributed by atoms with van der Waals surface area (Å²) in [4.78, 5) is 47.7. The Hall–Kier alpha value is -2.23. The molecule has 2 aliphatic heterocycles. The van der Waals surface area contributed by atoms with Crippen molar-refractivity contribution in [3.8, 4) is 0 Å². The lowest BCUT2D eigenvalue weighted by atomic mass is 9.96. The van der Waals surface area contributed by atoms with Crippen LogP contribution in [0.2, 0.25) is 0 Å². The highest BCUT2D eigenvalue weighted by Gasteiger charge is 2.54. The molecule has 2 aliphatic rings. The first-order valence-corrected chi connectivity index (χ1v) is 12.6. The molecule has 2 heterocycles. The number of aliphatic hydroxyl groups excluding tert-OH is 2. The van der Waals surface area contributed by atoms with Gasteiger partial charge in [-0.05, 0) is 6.92 Å². The summed E-state index contributed by atoms with van der Waals surface area (Å²) in [6.45, 7) is 9.47. The molecule has 0 bridgehead atoms. The molecule has 0 unspecified atom stereocenters. The fourth-order valence-electron chi connectivity index (χ4n) is 4.16. The third-order valence-corrected chi connectivity index (χ3v) is 6.87. The van der Waals surface area contributed by atoms with E-state index in [0.717, 1.165) is 25.6 Å². The summed E-state index contributed by atoms with van der Waals surface area (Å²) in [5.41, 5.74) is -1.07. The monoisotopic (exact) mass is 549 g/mol. The second kappa shape index (κ2) is 14.1. The predicted molar refractivity (Wildman–Crippen MR) is 128 cm³/mol. The molecule has 10 atom stereocenters. The Morgan fingerprint density at radius 2 is 1.54 bits per heavy atom. The van der Waals surface area contributed by atoms with Gasteiger partial charge in [-0.3, -0.25) is 19.2 Å². The second-order valence-electron chi connectivity index (χ2n) is 8.60. The van der Waals surface area contributed by atoms with Gasteiger partial charge in [-0.15, -0.1) is 18.3 Å². The zero-order chi connectivity index (χ0) is 27.9. The van der Waals surface area contributed by atoms with Crippen LogP contribution in [0.3, 0.4) is 0 Å². The van der Waals surface area contributed by atoms with Crippen LogP contribution in [-0.2, 0) is 47.6 Å². The van der Waals surface area contributed by atoms with Gasteiger partial charge in [0.05, 0.1) is 13.2 Å². The van der Waals surface area contributed by atoms with Crippen LogP contribution >= 0.6 is 11.8 Å². The first-order valence-electron chi connectivity index (χ1n) is 11.7. The minimum Gasteiger partial charge on any atom is -0.457 e. The summed E-state index contributed by atoms with van der Waals surface area (Å²) in [6.07, 6.45) is -6.96. The summed E-state index contributed by atoms with van der Waals surface area (Å²) in [6, 6.07) is -1.05. The number of nitrogens with one attached hydrogen (secondary N) is 1. The van der Waals surface area contributed by atoms with E-state index in [9.17, 15) is 29.4 Å². The van der Waals surface area contributed by atoms with Gasteiger partial charge in [0.2, 0.25) is 5.91 Å². The lowest BCUT2D eigenvalue weighted by molar-refractivity contribution is -0.281. The highest BCUT2D eigenvalue weighted by molar-refractivity contribution is 8.00. The molecule has 0 saturated carbocycles. The number of ether oxygens (including phenoxy) is 6. The van der Waals surface area contributed by atoms with Gasteiger partial charge in [-0.25, -0.2) is 0 Å². The third kappa shape index (κ3) is 8.38. The van der Waals surface area contributed by atoms with E-state index in [1.165, 1.54) is 19.9 Å². The number of carbonyl (C=O) groups excluding carboxylic acids is 4. The fourth-order valence-corrected chi connectivity index (χ4v) is 5.50. The molecule has 210 valence electrons. The molecule has 3 N–H and O–H groups in total. The first-order chi connectivity index (χ1) is 17.4. The third-order valence-electron chi connectivity index (χ3n) is 5.53. The summed E-state index contributed by atoms with van der Waals surface area (Å²) in [7, 11) is 0. The maximum absolute atomic E-state index is 12.0. The molecule has 0 radical (unpaired) electrons. The Balaban J connectivity index is 2.48. The Morgan fingerprint density at radius 1 is 0.973 bits per heavy atom. The zero-order valence-corrected chi connectivity index (χ0v) is 22.2. The number of aliphatic hydroxyl groups is 2. The minimum atomic E-state index is -1.45. The van der Waals surface area contributed by atoms with E-state index < -0.39 is 90.1 Å². The standard InChI is InChI=1S/C23H35NO12S/c1-7-8-31-22-16(24-11(3)26)19(17(30)15(9-25)35-22)36-23-21(34-14(6)29)20(33-13(5)28)18(10(2)37-23)32-12(4)27/h7,10,15-23,25,30H,1,8-9H2,2-6H3,(H,24,26)/t10-,15+,16+,17+,18+,19+,20+,21-,22+,23-/m0/s1. The van der Waals surface area contributed by atoms with Crippen LogP contribution in [0.1, 0.15) is 34.6 Å². The highest BCUT2D eigenvalue weighted by atomic mass is 32.2. The van der Waals surface area contributed by atoms with Crippen LogP contribution in [0.15, 0.2) is 12.7 Å². The van der Waals surface area contributed by atoms with Crippen molar-refractivity contribution in [3.05, 3.63) is 12.7 Å². The van der Waals surface area contributed by atoms with Gasteiger partial charge >= 0.3 is 17.9 Å². The predicted octanol–water partition coefficient (Wildman–Crippen LogP) is -0.586. The van der Waals surface area contributed by atoms with E-state index in [4.69, 9.17) is 28.4 Å². The van der Waals surface area contributed by atoms with Gasteiger partial charge < -0.3 is 44.0 Å². The molecule has 2 rings (SSSR count). The molecule has 0 aromatic heterocycles. The molecule has 37 heavy (non-hydrogen) atoms. The lowest BCUT2D eigenvalue weighted by Crippen LogP contribution is -2.67. The van der Waals surface area contributed by atoms with Gasteiger partial charge in [0, 0.05) is 32.9 Å². The molecule has 0 aromatic carbocycles. The molecule has 2 saturated heterocycles. The molecule has 0 spiro atoms. The maximum atomic E-state index is 12.0. The average Bonchev–Trinajstić information content (AvgIpc) is 2.79. The molecule has 14 heteroatoms. The molecular formula is C23H35NO12S. The number of esters is 3. The van der Waals surface area contributed by atoms with Crippen LogP contribution in [0.4, 0.5) is 0 Å². The summed E-state index contributed by atoms with van der Waals surface area (Å²) >= 11 is 1.11. The Labute approximate surface area is 219 Å². The van der Waals surface area contributed by atoms with E-state index in [1.54, 1.807) is 6.92 Å². The van der Waals surface area contributed by atoms with E-state index in [2.05, 4.69) is 11.9 Å². The maximum Gasteiger partial charge on any atom is 0.303 e. The van der Waals surface area contributed by atoms with E-state index in [1.807, 2.05) is 0 Å². The van der Waals surface area contributed by atoms with Crippen LogP contribution in [0, 0.1) is 0 Å². The second-order valence-corrected chi connectivity index (χ2v) is 10.1. The number of carbonyl (C=O) groups is 4. The number of hydrogen-bond donors (Lipinski definition) is 3. The topological polar surface area (TPSA) is 176 Å². The van der Waals surface area contributed by atoms with Crippen molar-refractivity contribution in [2.45, 2.75) is 94.3 Å². The summed E-state index contributed by atoms with van der Waals surface area (Å²) in [5.74, 6) is -2.54. The van der Waals surface area contributed by atoms with E-state index in [-0.39, 0.29) is 6.61 Å². The number of amides is 1. The average molecular weight is 550 g/mol. The number of hydrogen-bond acceptors (Lipinski definition) is 13. The Kier molecular flexibility index (Phi) is 11.8. The van der Waals surface area contributed by atoms with Crippen LogP contribution < -0.4 is 5.32 Å². The van der Waals surface area contributed by atoms with E-state index >= 15 is 0 Å². The van der Waals surface area contributed by atoms with Crippen molar-refractivity contribution >= 4 is 35.6 Å². The van der Waals surface area contributed by atoms with Gasteiger partial charge in [-0.1, -0.05) is 6.08 Å². The van der Waals surface area contributed by atoms with Crippen LogP contribution in [-0.4, -0.2) is 107 Å². The van der Waals surface area contributed by atoms with E-state index in [0.29, 0.717) is 0 Å². The number of thioether (sulfide) groups is 1. The van der Waals surface area contributed by atoms with Crippen molar-refractivity contribution in [2.75, 3.05) is 13.2 Å². The fraction of sp³-hybridized carbons (Fsp3) is 0.739. The van der Waals surface area contributed by atoms with Crippen molar-refractivity contribution < 1.29 is 57.8 Å². The van der Waals surface area contributed by atoms with Crippen LogP contribution in [0.5, 0.6) is 0 Å². The first kappa shape index (κ1) is 31.0. The van der Waals surface area contributed by atoms with Crippen molar-refractivity contribution in [1.29, 1.82) is 0 Å². The van der Waals surface area contributed by atoms with Gasteiger partial charge in [0.1, 0.15) is 29.8 Å². The van der Waals surface area contributed by atoms with Crippen molar-refractivity contribution in [1.82, 2.24) is 5.32 Å². The summed E-state index contributed by atoms with van der Waals surface area (Å²) in [5, 5.41) is 22.9. The molecule has 0 aliphatic carbocycles. The SMILES string of the molecule is C=CCO[C@@H]1O[C@H](CO)[C@@H](O)[C@H](O[C@H]2S[C@@H](C)[C@@H](OC(C)=O)[C@@H](OC(C)=O)[C@@H]2OC(C)=O)[C@H]1NC(C)=O.